The predicted molar refractivity (Wildman–Crippen MR) is 136 cm³/mol. The molecule has 164 valence electrons. The second-order valence-electron chi connectivity index (χ2n) is 7.56. The molecule has 1 amide bonds. The molecule has 0 bridgehead atoms. The van der Waals surface area contributed by atoms with E-state index in [4.69, 9.17) is 12.2 Å². The highest BCUT2D eigenvalue weighted by Gasteiger charge is 2.16. The van der Waals surface area contributed by atoms with E-state index in [2.05, 4.69) is 26.8 Å². The Hall–Kier alpha value is -3.82. The Morgan fingerprint density at radius 2 is 2.03 bits per heavy atom. The summed E-state index contributed by atoms with van der Waals surface area (Å²) in [6.07, 6.45) is 1.61. The van der Waals surface area contributed by atoms with Crippen LogP contribution in [-0.2, 0) is 6.54 Å². The summed E-state index contributed by atoms with van der Waals surface area (Å²) in [5.41, 5.74) is 4.57. The molecule has 0 radical (unpaired) electrons. The molecule has 2 aromatic carbocycles. The van der Waals surface area contributed by atoms with Crippen LogP contribution in [0.1, 0.15) is 16.1 Å². The summed E-state index contributed by atoms with van der Waals surface area (Å²) >= 11 is 6.64. The number of rotatable bonds is 5. The number of nitrogens with one attached hydrogen (secondary N) is 3. The highest BCUT2D eigenvalue weighted by Crippen LogP contribution is 2.34. The Morgan fingerprint density at radius 3 is 2.85 bits per heavy atom. The van der Waals surface area contributed by atoms with Crippen molar-refractivity contribution in [2.45, 2.75) is 13.5 Å². The zero-order valence-electron chi connectivity index (χ0n) is 17.6. The number of carbonyl (C=O) groups excluding carboxylic acids is 1. The van der Waals surface area contributed by atoms with Gasteiger partial charge >= 0.3 is 0 Å². The number of para-hydroxylation sites is 1. The molecule has 0 saturated carbocycles. The number of hydrogen-bond acceptors (Lipinski definition) is 5. The normalized spacial score (nSPS) is 11.2. The van der Waals surface area contributed by atoms with Gasteiger partial charge in [0.2, 0.25) is 0 Å². The minimum absolute atomic E-state index is 0.223. The van der Waals surface area contributed by atoms with Gasteiger partial charge in [-0.3, -0.25) is 19.5 Å². The number of allylic oxidation sites excluding steroid dienone is 1. The minimum Gasteiger partial charge on any atom is -0.358 e. The van der Waals surface area contributed by atoms with Crippen molar-refractivity contribution in [3.8, 4) is 11.3 Å². The van der Waals surface area contributed by atoms with Crippen molar-refractivity contribution >= 4 is 56.4 Å². The van der Waals surface area contributed by atoms with Crippen LogP contribution in [0.2, 0.25) is 0 Å². The van der Waals surface area contributed by atoms with Crippen LogP contribution in [0.15, 0.2) is 65.3 Å². The molecule has 5 aromatic rings. The first-order valence-electron chi connectivity index (χ1n) is 10.2. The summed E-state index contributed by atoms with van der Waals surface area (Å²) in [5.74, 6) is -0.317. The molecule has 0 fully saturated rings. The van der Waals surface area contributed by atoms with Gasteiger partial charge in [-0.05, 0) is 43.4 Å². The lowest BCUT2D eigenvalue weighted by Gasteiger charge is -2.07. The van der Waals surface area contributed by atoms with Gasteiger partial charge < -0.3 is 9.97 Å². The van der Waals surface area contributed by atoms with Gasteiger partial charge in [0.05, 0.1) is 16.6 Å². The number of aromatic nitrogens is 4. The SMILES string of the molecule is C=CCn1c(=S)[nH]c2cc(C(=O)Nc3nc(-c4c(C)[nH]c5ccccc45)cs3)ccc2c1=O. The first-order valence-corrected chi connectivity index (χ1v) is 11.5. The van der Waals surface area contributed by atoms with Gasteiger partial charge in [0.15, 0.2) is 9.90 Å². The molecule has 0 aliphatic heterocycles. The van der Waals surface area contributed by atoms with Crippen LogP contribution in [0.25, 0.3) is 33.1 Å². The topological polar surface area (TPSA) is 95.6 Å². The van der Waals surface area contributed by atoms with Crippen LogP contribution in [0.5, 0.6) is 0 Å². The van der Waals surface area contributed by atoms with Gasteiger partial charge in [0.1, 0.15) is 0 Å². The molecule has 0 unspecified atom stereocenters. The highest BCUT2D eigenvalue weighted by molar-refractivity contribution is 7.71. The summed E-state index contributed by atoms with van der Waals surface area (Å²) in [6, 6.07) is 12.9. The quantitative estimate of drug-likeness (QED) is 0.235. The number of fused-ring (bicyclic) bond motifs is 2. The molecule has 3 aromatic heterocycles. The van der Waals surface area contributed by atoms with Crippen LogP contribution >= 0.6 is 23.6 Å². The average molecular weight is 474 g/mol. The highest BCUT2D eigenvalue weighted by atomic mass is 32.1. The number of aryl methyl sites for hydroxylation is 1. The van der Waals surface area contributed by atoms with Crippen molar-refractivity contribution in [3.63, 3.8) is 0 Å². The van der Waals surface area contributed by atoms with Crippen molar-refractivity contribution in [1.82, 2.24) is 19.5 Å². The lowest BCUT2D eigenvalue weighted by molar-refractivity contribution is 0.102. The number of carbonyl (C=O) groups is 1. The van der Waals surface area contributed by atoms with E-state index in [1.54, 1.807) is 24.3 Å². The maximum absolute atomic E-state index is 12.9. The largest absolute Gasteiger partial charge is 0.358 e. The second kappa shape index (κ2) is 8.27. The van der Waals surface area contributed by atoms with Crippen molar-refractivity contribution in [3.05, 3.63) is 86.9 Å². The Balaban J connectivity index is 1.44. The number of hydrogen-bond donors (Lipinski definition) is 3. The summed E-state index contributed by atoms with van der Waals surface area (Å²) in [5, 5.41) is 6.82. The van der Waals surface area contributed by atoms with Crippen LogP contribution in [-0.4, -0.2) is 25.4 Å². The maximum atomic E-state index is 12.9. The van der Waals surface area contributed by atoms with Crippen molar-refractivity contribution in [2.24, 2.45) is 0 Å². The van der Waals surface area contributed by atoms with E-state index >= 15 is 0 Å². The number of thiazole rings is 1. The van der Waals surface area contributed by atoms with E-state index in [9.17, 15) is 9.59 Å². The minimum atomic E-state index is -0.317. The molecule has 7 nitrogen and oxygen atoms in total. The lowest BCUT2D eigenvalue weighted by Crippen LogP contribution is -2.22. The van der Waals surface area contributed by atoms with Crippen molar-refractivity contribution < 1.29 is 4.79 Å². The van der Waals surface area contributed by atoms with Crippen LogP contribution in [0, 0.1) is 11.7 Å². The van der Waals surface area contributed by atoms with Crippen LogP contribution < -0.4 is 10.9 Å². The van der Waals surface area contributed by atoms with E-state index in [-0.39, 0.29) is 16.2 Å². The molecule has 5 rings (SSSR count). The summed E-state index contributed by atoms with van der Waals surface area (Å²) < 4.78 is 1.71. The molecule has 3 heterocycles. The van der Waals surface area contributed by atoms with Crippen molar-refractivity contribution in [1.29, 1.82) is 0 Å². The first kappa shape index (κ1) is 21.0. The second-order valence-corrected chi connectivity index (χ2v) is 8.80. The van der Waals surface area contributed by atoms with E-state index in [1.807, 2.05) is 36.6 Å². The fourth-order valence-corrected chi connectivity index (χ4v) is 4.88. The van der Waals surface area contributed by atoms with Crippen molar-refractivity contribution in [2.75, 3.05) is 5.32 Å². The van der Waals surface area contributed by atoms with Gasteiger partial charge in [-0.2, -0.15) is 0 Å². The number of H-pyrrole nitrogens is 2. The Morgan fingerprint density at radius 1 is 1.21 bits per heavy atom. The Kier molecular flexibility index (Phi) is 5.27. The molecule has 3 N–H and O–H groups in total. The fraction of sp³-hybridized carbons (Fsp3) is 0.0833. The summed E-state index contributed by atoms with van der Waals surface area (Å²) in [7, 11) is 0. The number of benzene rings is 2. The standard InChI is InChI=1S/C24H19N5O2S2/c1-3-10-29-22(31)16-9-8-14(11-18(16)27-24(29)32)21(30)28-23-26-19(12-33-23)20-13(2)25-17-7-5-4-6-15(17)20/h3-9,11-12,25H,1,10H2,2H3,(H,27,32)(H,26,28,30). The molecule has 0 spiro atoms. The molecule has 0 aliphatic rings. The van der Waals surface area contributed by atoms with Gasteiger partial charge in [0.25, 0.3) is 11.5 Å². The monoisotopic (exact) mass is 473 g/mol. The number of anilines is 1. The molecular formula is C24H19N5O2S2. The van der Waals surface area contributed by atoms with Crippen LogP contribution in [0.3, 0.4) is 0 Å². The Labute approximate surface area is 197 Å². The molecule has 9 heteroatoms. The molecular weight excluding hydrogens is 454 g/mol. The average Bonchev–Trinajstić information content (AvgIpc) is 3.38. The molecule has 0 aliphatic carbocycles. The fourth-order valence-electron chi connectivity index (χ4n) is 3.91. The van der Waals surface area contributed by atoms with E-state index < -0.39 is 0 Å². The predicted octanol–water partition coefficient (Wildman–Crippen LogP) is 5.41. The smallest absolute Gasteiger partial charge is 0.262 e. The molecule has 0 saturated heterocycles. The zero-order valence-corrected chi connectivity index (χ0v) is 19.3. The first-order chi connectivity index (χ1) is 16.0. The maximum Gasteiger partial charge on any atom is 0.262 e. The van der Waals surface area contributed by atoms with Gasteiger partial charge in [-0.15, -0.1) is 17.9 Å². The third-order valence-corrected chi connectivity index (χ3v) is 6.51. The number of amides is 1. The third kappa shape index (κ3) is 3.71. The Bertz CT molecular complexity index is 1670. The van der Waals surface area contributed by atoms with E-state index in [1.165, 1.54) is 15.9 Å². The zero-order chi connectivity index (χ0) is 23.1. The summed E-state index contributed by atoms with van der Waals surface area (Å²) in [4.78, 5) is 36.6. The lowest BCUT2D eigenvalue weighted by atomic mass is 10.1. The number of nitrogens with zero attached hydrogens (tertiary/aromatic N) is 2. The van der Waals surface area contributed by atoms with Gasteiger partial charge in [-0.1, -0.05) is 24.3 Å². The van der Waals surface area contributed by atoms with Crippen LogP contribution in [0.4, 0.5) is 5.13 Å². The van der Waals surface area contributed by atoms with E-state index in [0.717, 1.165) is 27.9 Å². The van der Waals surface area contributed by atoms with E-state index in [0.29, 0.717) is 28.1 Å². The number of aromatic amines is 2. The molecule has 33 heavy (non-hydrogen) atoms. The molecule has 0 atom stereocenters. The third-order valence-electron chi connectivity index (χ3n) is 5.43. The van der Waals surface area contributed by atoms with Gasteiger partial charge in [-0.25, -0.2) is 4.98 Å². The summed E-state index contributed by atoms with van der Waals surface area (Å²) in [6.45, 7) is 5.98. The van der Waals surface area contributed by atoms with Gasteiger partial charge in [0, 0.05) is 39.6 Å².